The van der Waals surface area contributed by atoms with E-state index in [0.717, 1.165) is 0 Å². The quantitative estimate of drug-likeness (QED) is 0.591. The SMILES string of the molecule is C#C[C@]1(CO)O[C@@H](n2cnc3c(=O)[nH]cnc32)C[C@H]1O. The smallest absolute Gasteiger partial charge is 0.278 e. The number of terminal acetylenes is 1. The van der Waals surface area contributed by atoms with Crippen LogP contribution < -0.4 is 5.56 Å². The van der Waals surface area contributed by atoms with E-state index in [9.17, 15) is 15.0 Å². The molecule has 2 aromatic heterocycles. The first-order valence-corrected chi connectivity index (χ1v) is 5.96. The van der Waals surface area contributed by atoms with Crippen LogP contribution in [0, 0.1) is 12.3 Å². The summed E-state index contributed by atoms with van der Waals surface area (Å²) in [6, 6.07) is 0. The van der Waals surface area contributed by atoms with Crippen LogP contribution in [0.5, 0.6) is 0 Å². The number of hydrogen-bond acceptors (Lipinski definition) is 6. The molecule has 1 aliphatic rings. The first-order chi connectivity index (χ1) is 9.61. The summed E-state index contributed by atoms with van der Waals surface area (Å²) in [7, 11) is 0. The Hall–Kier alpha value is -2.21. The summed E-state index contributed by atoms with van der Waals surface area (Å²) in [4.78, 5) is 22.0. The number of fused-ring (bicyclic) bond motifs is 1. The number of ether oxygens (including phenoxy) is 1. The van der Waals surface area contributed by atoms with Crippen LogP contribution in [0.1, 0.15) is 12.6 Å². The molecule has 0 bridgehead atoms. The summed E-state index contributed by atoms with van der Waals surface area (Å²) in [6.45, 7) is -0.498. The second kappa shape index (κ2) is 4.42. The van der Waals surface area contributed by atoms with Crippen molar-refractivity contribution in [3.63, 3.8) is 0 Å². The number of hydrogen-bond donors (Lipinski definition) is 3. The Labute approximate surface area is 113 Å². The van der Waals surface area contributed by atoms with Crippen molar-refractivity contribution in [2.24, 2.45) is 0 Å². The Bertz CT molecular complexity index is 746. The predicted octanol–water partition coefficient (Wildman–Crippen LogP) is -1.24. The van der Waals surface area contributed by atoms with Crippen LogP contribution >= 0.6 is 0 Å². The Balaban J connectivity index is 2.04. The van der Waals surface area contributed by atoms with Crippen LogP contribution in [0.25, 0.3) is 11.2 Å². The van der Waals surface area contributed by atoms with Gasteiger partial charge in [-0.05, 0) is 0 Å². The topological polar surface area (TPSA) is 113 Å². The molecule has 0 aliphatic carbocycles. The molecule has 8 nitrogen and oxygen atoms in total. The van der Waals surface area contributed by atoms with Gasteiger partial charge in [0, 0.05) is 6.42 Å². The maximum absolute atomic E-state index is 11.6. The highest BCUT2D eigenvalue weighted by Gasteiger charge is 2.47. The van der Waals surface area contributed by atoms with Gasteiger partial charge in [-0.3, -0.25) is 9.36 Å². The summed E-state index contributed by atoms with van der Waals surface area (Å²) >= 11 is 0. The van der Waals surface area contributed by atoms with Crippen LogP contribution in [0.3, 0.4) is 0 Å². The summed E-state index contributed by atoms with van der Waals surface area (Å²) in [5, 5.41) is 19.3. The molecule has 3 rings (SSSR count). The second-order valence-electron chi connectivity index (χ2n) is 4.57. The summed E-state index contributed by atoms with van der Waals surface area (Å²) in [5.41, 5.74) is -1.30. The lowest BCUT2D eigenvalue weighted by molar-refractivity contribution is -0.0891. The van der Waals surface area contributed by atoms with Crippen molar-refractivity contribution in [3.8, 4) is 12.3 Å². The molecular weight excluding hydrogens is 264 g/mol. The predicted molar refractivity (Wildman–Crippen MR) is 67.5 cm³/mol. The van der Waals surface area contributed by atoms with Crippen LogP contribution in [0.15, 0.2) is 17.4 Å². The zero-order valence-electron chi connectivity index (χ0n) is 10.4. The molecule has 0 amide bonds. The first-order valence-electron chi connectivity index (χ1n) is 5.96. The highest BCUT2D eigenvalue weighted by molar-refractivity contribution is 5.68. The fourth-order valence-corrected chi connectivity index (χ4v) is 2.31. The van der Waals surface area contributed by atoms with Crippen molar-refractivity contribution in [3.05, 3.63) is 23.0 Å². The number of nitrogens with one attached hydrogen (secondary N) is 1. The normalized spacial score (nSPS) is 29.6. The molecule has 0 aromatic carbocycles. The van der Waals surface area contributed by atoms with Gasteiger partial charge in [0.2, 0.25) is 0 Å². The van der Waals surface area contributed by atoms with Gasteiger partial charge in [0.05, 0.1) is 19.3 Å². The molecule has 8 heteroatoms. The maximum atomic E-state index is 11.6. The third kappa shape index (κ3) is 1.65. The lowest BCUT2D eigenvalue weighted by Gasteiger charge is -2.23. The van der Waals surface area contributed by atoms with Crippen LogP contribution in [0.2, 0.25) is 0 Å². The van der Waals surface area contributed by atoms with Gasteiger partial charge in [0.1, 0.15) is 12.3 Å². The molecule has 3 N–H and O–H groups in total. The molecule has 3 atom stereocenters. The van der Waals surface area contributed by atoms with Gasteiger partial charge in [-0.1, -0.05) is 5.92 Å². The minimum absolute atomic E-state index is 0.171. The van der Waals surface area contributed by atoms with E-state index in [4.69, 9.17) is 11.2 Å². The molecule has 0 spiro atoms. The molecular formula is C12H12N4O4. The number of imidazole rings is 1. The van der Waals surface area contributed by atoms with E-state index in [0.29, 0.717) is 5.65 Å². The third-order valence-electron chi connectivity index (χ3n) is 3.46. The van der Waals surface area contributed by atoms with Crippen molar-refractivity contribution in [1.29, 1.82) is 0 Å². The monoisotopic (exact) mass is 276 g/mol. The number of aliphatic hydroxyl groups excluding tert-OH is 2. The largest absolute Gasteiger partial charge is 0.392 e. The Morgan fingerprint density at radius 2 is 2.45 bits per heavy atom. The van der Waals surface area contributed by atoms with Gasteiger partial charge in [0.25, 0.3) is 5.56 Å². The van der Waals surface area contributed by atoms with Gasteiger partial charge in [0.15, 0.2) is 16.8 Å². The van der Waals surface area contributed by atoms with Crippen LogP contribution in [-0.2, 0) is 4.74 Å². The molecule has 1 saturated heterocycles. The van der Waals surface area contributed by atoms with Gasteiger partial charge < -0.3 is 19.9 Å². The molecule has 20 heavy (non-hydrogen) atoms. The number of aromatic amines is 1. The van der Waals surface area contributed by atoms with Crippen LogP contribution in [0.4, 0.5) is 0 Å². The van der Waals surface area contributed by atoms with E-state index in [1.807, 2.05) is 0 Å². The van der Waals surface area contributed by atoms with Gasteiger partial charge in [-0.2, -0.15) is 0 Å². The second-order valence-corrected chi connectivity index (χ2v) is 4.57. The van der Waals surface area contributed by atoms with E-state index in [-0.39, 0.29) is 17.5 Å². The van der Waals surface area contributed by atoms with Crippen molar-refractivity contribution < 1.29 is 14.9 Å². The molecule has 2 aromatic rings. The maximum Gasteiger partial charge on any atom is 0.278 e. The van der Waals surface area contributed by atoms with Gasteiger partial charge >= 0.3 is 0 Å². The average Bonchev–Trinajstić information content (AvgIpc) is 3.01. The molecule has 104 valence electrons. The Morgan fingerprint density at radius 3 is 3.10 bits per heavy atom. The molecule has 1 fully saturated rings. The van der Waals surface area contributed by atoms with E-state index in [1.54, 1.807) is 0 Å². The minimum atomic E-state index is -1.44. The van der Waals surface area contributed by atoms with Gasteiger partial charge in [-0.25, -0.2) is 9.97 Å². The average molecular weight is 276 g/mol. The molecule has 1 aliphatic heterocycles. The minimum Gasteiger partial charge on any atom is -0.392 e. The van der Waals surface area contributed by atoms with Crippen molar-refractivity contribution in [1.82, 2.24) is 19.5 Å². The van der Waals surface area contributed by atoms with Crippen molar-refractivity contribution in [2.75, 3.05) is 6.61 Å². The third-order valence-corrected chi connectivity index (χ3v) is 3.46. The molecule has 0 saturated carbocycles. The summed E-state index contributed by atoms with van der Waals surface area (Å²) in [6.07, 6.45) is 6.50. The van der Waals surface area contributed by atoms with E-state index in [2.05, 4.69) is 20.9 Å². The molecule has 0 radical (unpaired) electrons. The van der Waals surface area contributed by atoms with E-state index >= 15 is 0 Å². The van der Waals surface area contributed by atoms with E-state index in [1.165, 1.54) is 17.2 Å². The summed E-state index contributed by atoms with van der Waals surface area (Å²) in [5.74, 6) is 2.28. The van der Waals surface area contributed by atoms with Gasteiger partial charge in [-0.15, -0.1) is 6.42 Å². The highest BCUT2D eigenvalue weighted by Crippen LogP contribution is 2.37. The van der Waals surface area contributed by atoms with E-state index < -0.39 is 24.5 Å². The van der Waals surface area contributed by atoms with Crippen LogP contribution in [-0.4, -0.2) is 48.0 Å². The molecule has 3 heterocycles. The Morgan fingerprint density at radius 1 is 1.65 bits per heavy atom. The first kappa shape index (κ1) is 12.8. The Kier molecular flexibility index (Phi) is 2.83. The lowest BCUT2D eigenvalue weighted by atomic mass is 9.99. The lowest BCUT2D eigenvalue weighted by Crippen LogP contribution is -2.41. The fraction of sp³-hybridized carbons (Fsp3) is 0.417. The number of aliphatic hydroxyl groups is 2. The zero-order chi connectivity index (χ0) is 14.3. The standard InChI is InChI=1S/C12H12N4O4/c1-2-12(4-17)7(18)3-8(20-12)16-6-15-9-10(16)13-5-14-11(9)19/h1,5-8,17-18H,3-4H2,(H,13,14,19)/t7-,8-,12-/m1/s1. The number of aromatic nitrogens is 4. The van der Waals surface area contributed by atoms with Crippen molar-refractivity contribution in [2.45, 2.75) is 24.4 Å². The number of rotatable bonds is 2. The fourth-order valence-electron chi connectivity index (χ4n) is 2.31. The zero-order valence-corrected chi connectivity index (χ0v) is 10.4. The summed E-state index contributed by atoms with van der Waals surface area (Å²) < 4.78 is 7.10. The number of H-pyrrole nitrogens is 1. The highest BCUT2D eigenvalue weighted by atomic mass is 16.6. The molecule has 0 unspecified atom stereocenters. The number of nitrogens with zero attached hydrogens (tertiary/aromatic N) is 3. The van der Waals surface area contributed by atoms with Crippen molar-refractivity contribution >= 4 is 11.2 Å².